The maximum atomic E-state index is 11.9. The number of anilines is 2. The van der Waals surface area contributed by atoms with E-state index in [0.717, 1.165) is 53.7 Å². The molecule has 0 saturated carbocycles. The molecule has 2 aromatic heterocycles. The Hall–Kier alpha value is -2.26. The van der Waals surface area contributed by atoms with Gasteiger partial charge < -0.3 is 9.80 Å². The Labute approximate surface area is 156 Å². The van der Waals surface area contributed by atoms with Crippen molar-refractivity contribution in [1.29, 1.82) is 0 Å². The van der Waals surface area contributed by atoms with Crippen molar-refractivity contribution < 1.29 is 8.42 Å². The smallest absolute Gasteiger partial charge is 0.185 e. The minimum Gasteiger partial charge on any atom is -0.352 e. The van der Waals surface area contributed by atoms with E-state index in [4.69, 9.17) is 0 Å². The van der Waals surface area contributed by atoms with Crippen molar-refractivity contribution in [3.63, 3.8) is 0 Å². The van der Waals surface area contributed by atoms with Crippen molar-refractivity contribution in [3.8, 4) is 0 Å². The van der Waals surface area contributed by atoms with E-state index in [9.17, 15) is 8.42 Å². The minimum absolute atomic E-state index is 0.290. The molecule has 0 N–H and O–H groups in total. The topological polar surface area (TPSA) is 79.3 Å². The Morgan fingerprint density at radius 3 is 2.46 bits per heavy atom. The summed E-state index contributed by atoms with van der Waals surface area (Å²) in [5.74, 6) is 0.787. The van der Waals surface area contributed by atoms with Crippen molar-refractivity contribution >= 4 is 43.0 Å². The lowest BCUT2D eigenvalue weighted by molar-refractivity contribution is 0.602. The lowest BCUT2D eigenvalue weighted by Crippen LogP contribution is -2.46. The van der Waals surface area contributed by atoms with Gasteiger partial charge in [-0.3, -0.25) is 0 Å². The predicted octanol–water partition coefficient (Wildman–Crippen LogP) is 2.12. The SMILES string of the molecule is Cc1csc(N2CCN(c3ncnc4ccc(S(C)(=O)=O)cc34)CC2)n1. The Balaban J connectivity index is 1.63. The van der Waals surface area contributed by atoms with E-state index in [1.165, 1.54) is 12.6 Å². The Bertz CT molecular complexity index is 1060. The van der Waals surface area contributed by atoms with Crippen LogP contribution in [-0.4, -0.2) is 55.8 Å². The second-order valence-corrected chi connectivity index (χ2v) is 9.25. The zero-order valence-electron chi connectivity index (χ0n) is 14.6. The average Bonchev–Trinajstić information content (AvgIpc) is 3.06. The molecule has 26 heavy (non-hydrogen) atoms. The van der Waals surface area contributed by atoms with E-state index >= 15 is 0 Å². The molecule has 3 heterocycles. The summed E-state index contributed by atoms with van der Waals surface area (Å²) in [5.41, 5.74) is 1.79. The van der Waals surface area contributed by atoms with E-state index in [1.54, 1.807) is 29.5 Å². The van der Waals surface area contributed by atoms with Crippen LogP contribution in [0.4, 0.5) is 10.9 Å². The van der Waals surface area contributed by atoms with Crippen LogP contribution in [0.25, 0.3) is 10.9 Å². The summed E-state index contributed by atoms with van der Waals surface area (Å²) >= 11 is 1.66. The number of hydrogen-bond donors (Lipinski definition) is 0. The molecule has 0 aliphatic carbocycles. The van der Waals surface area contributed by atoms with E-state index in [0.29, 0.717) is 0 Å². The van der Waals surface area contributed by atoms with Gasteiger partial charge in [0.2, 0.25) is 0 Å². The number of sulfone groups is 1. The fourth-order valence-electron chi connectivity index (χ4n) is 3.10. The van der Waals surface area contributed by atoms with Gasteiger partial charge in [-0.25, -0.2) is 23.4 Å². The van der Waals surface area contributed by atoms with E-state index in [2.05, 4.69) is 30.1 Å². The maximum Gasteiger partial charge on any atom is 0.185 e. The second-order valence-electron chi connectivity index (χ2n) is 6.39. The van der Waals surface area contributed by atoms with Crippen LogP contribution in [0.5, 0.6) is 0 Å². The monoisotopic (exact) mass is 389 g/mol. The quantitative estimate of drug-likeness (QED) is 0.679. The molecule has 1 aliphatic rings. The van der Waals surface area contributed by atoms with Gasteiger partial charge in [0.15, 0.2) is 15.0 Å². The molecule has 3 aromatic rings. The number of benzene rings is 1. The van der Waals surface area contributed by atoms with Crippen LogP contribution in [0.1, 0.15) is 5.69 Å². The Morgan fingerprint density at radius 1 is 1.08 bits per heavy atom. The first-order chi connectivity index (χ1) is 12.4. The van der Waals surface area contributed by atoms with Crippen LogP contribution in [-0.2, 0) is 9.84 Å². The van der Waals surface area contributed by atoms with E-state index < -0.39 is 9.84 Å². The number of fused-ring (bicyclic) bond motifs is 1. The zero-order chi connectivity index (χ0) is 18.3. The number of piperazine rings is 1. The lowest BCUT2D eigenvalue weighted by atomic mass is 10.2. The molecule has 1 aromatic carbocycles. The molecule has 0 unspecified atom stereocenters. The van der Waals surface area contributed by atoms with Crippen LogP contribution in [0.3, 0.4) is 0 Å². The van der Waals surface area contributed by atoms with Gasteiger partial charge in [0, 0.05) is 43.2 Å². The highest BCUT2D eigenvalue weighted by molar-refractivity contribution is 7.90. The zero-order valence-corrected chi connectivity index (χ0v) is 16.2. The highest BCUT2D eigenvalue weighted by atomic mass is 32.2. The van der Waals surface area contributed by atoms with Gasteiger partial charge in [0.1, 0.15) is 12.1 Å². The highest BCUT2D eigenvalue weighted by Crippen LogP contribution is 2.28. The average molecular weight is 390 g/mol. The summed E-state index contributed by atoms with van der Waals surface area (Å²) < 4.78 is 23.8. The molecule has 7 nitrogen and oxygen atoms in total. The lowest BCUT2D eigenvalue weighted by Gasteiger charge is -2.35. The number of aromatic nitrogens is 3. The van der Waals surface area contributed by atoms with Crippen LogP contribution in [0, 0.1) is 6.92 Å². The van der Waals surface area contributed by atoms with Gasteiger partial charge in [0.05, 0.1) is 16.1 Å². The van der Waals surface area contributed by atoms with Gasteiger partial charge in [-0.1, -0.05) is 0 Å². The van der Waals surface area contributed by atoms with Gasteiger partial charge >= 0.3 is 0 Å². The van der Waals surface area contributed by atoms with E-state index in [-0.39, 0.29) is 4.90 Å². The van der Waals surface area contributed by atoms with Gasteiger partial charge in [0.25, 0.3) is 0 Å². The molecular weight excluding hydrogens is 370 g/mol. The van der Waals surface area contributed by atoms with E-state index in [1.807, 2.05) is 6.92 Å². The summed E-state index contributed by atoms with van der Waals surface area (Å²) in [4.78, 5) is 18.0. The van der Waals surface area contributed by atoms with Crippen LogP contribution >= 0.6 is 11.3 Å². The van der Waals surface area contributed by atoms with Crippen LogP contribution in [0.15, 0.2) is 34.8 Å². The summed E-state index contributed by atoms with van der Waals surface area (Å²) in [5, 5.41) is 3.88. The third-order valence-corrected chi connectivity index (χ3v) is 6.60. The highest BCUT2D eigenvalue weighted by Gasteiger charge is 2.22. The number of rotatable bonds is 3. The van der Waals surface area contributed by atoms with Crippen molar-refractivity contribution in [2.75, 3.05) is 42.2 Å². The molecule has 0 spiro atoms. The fourth-order valence-corrected chi connectivity index (χ4v) is 4.61. The largest absolute Gasteiger partial charge is 0.352 e. The molecule has 0 bridgehead atoms. The molecule has 0 radical (unpaired) electrons. The normalized spacial score (nSPS) is 15.6. The predicted molar refractivity (Wildman–Crippen MR) is 104 cm³/mol. The van der Waals surface area contributed by atoms with Gasteiger partial charge in [-0.15, -0.1) is 11.3 Å². The third kappa shape index (κ3) is 3.24. The van der Waals surface area contributed by atoms with Crippen LogP contribution in [0.2, 0.25) is 0 Å². The summed E-state index contributed by atoms with van der Waals surface area (Å²) in [6.45, 7) is 5.30. The summed E-state index contributed by atoms with van der Waals surface area (Å²) in [7, 11) is -3.27. The number of hydrogen-bond acceptors (Lipinski definition) is 8. The first-order valence-electron chi connectivity index (χ1n) is 8.29. The molecule has 0 atom stereocenters. The first-order valence-corrected chi connectivity index (χ1v) is 11.1. The van der Waals surface area contributed by atoms with Gasteiger partial charge in [-0.05, 0) is 25.1 Å². The van der Waals surface area contributed by atoms with Crippen molar-refractivity contribution in [1.82, 2.24) is 15.0 Å². The van der Waals surface area contributed by atoms with Crippen LogP contribution < -0.4 is 9.80 Å². The van der Waals surface area contributed by atoms with Crippen molar-refractivity contribution in [2.45, 2.75) is 11.8 Å². The molecular formula is C17H19N5O2S2. The maximum absolute atomic E-state index is 11.9. The standard InChI is InChI=1S/C17H19N5O2S2/c1-12-10-25-17(20-12)22-7-5-21(6-8-22)16-14-9-13(26(2,23)24)3-4-15(14)18-11-19-16/h3-4,9-11H,5-8H2,1-2H3. The molecule has 4 rings (SSSR count). The Kier molecular flexibility index (Phi) is 4.28. The molecule has 1 fully saturated rings. The van der Waals surface area contributed by atoms with Crippen molar-refractivity contribution in [2.24, 2.45) is 0 Å². The number of aryl methyl sites for hydroxylation is 1. The first kappa shape index (κ1) is 17.2. The summed E-state index contributed by atoms with van der Waals surface area (Å²) in [6.07, 6.45) is 2.75. The number of nitrogens with zero attached hydrogens (tertiary/aromatic N) is 5. The third-order valence-electron chi connectivity index (χ3n) is 4.47. The molecule has 0 amide bonds. The van der Waals surface area contributed by atoms with Crippen molar-refractivity contribution in [3.05, 3.63) is 35.6 Å². The number of thiazole rings is 1. The van der Waals surface area contributed by atoms with Gasteiger partial charge in [-0.2, -0.15) is 0 Å². The Morgan fingerprint density at radius 2 is 1.81 bits per heavy atom. The molecule has 1 aliphatic heterocycles. The molecule has 9 heteroatoms. The minimum atomic E-state index is -3.27. The second kappa shape index (κ2) is 6.48. The molecule has 136 valence electrons. The molecule has 1 saturated heterocycles. The fraction of sp³-hybridized carbons (Fsp3) is 0.353. The summed E-state index contributed by atoms with van der Waals surface area (Å²) in [6, 6.07) is 5.01.